The van der Waals surface area contributed by atoms with Crippen LogP contribution in [0.25, 0.3) is 5.65 Å². The van der Waals surface area contributed by atoms with Crippen molar-refractivity contribution in [1.82, 2.24) is 25.0 Å². The fourth-order valence-corrected chi connectivity index (χ4v) is 1.98. The van der Waals surface area contributed by atoms with E-state index in [1.807, 2.05) is 0 Å². The first kappa shape index (κ1) is 9.46. The molecule has 2 aromatic rings. The Kier molecular flexibility index (Phi) is 1.84. The Bertz CT molecular complexity index is 513. The molecule has 0 spiro atoms. The topological polar surface area (TPSA) is 85.2 Å². The molecule has 1 aliphatic heterocycles. The molecule has 0 aromatic carbocycles. The summed E-state index contributed by atoms with van der Waals surface area (Å²) in [6.07, 6.45) is 4.37. The van der Waals surface area contributed by atoms with Crippen LogP contribution in [-0.2, 0) is 0 Å². The summed E-state index contributed by atoms with van der Waals surface area (Å²) in [6.45, 7) is 3.75. The van der Waals surface area contributed by atoms with Crippen LogP contribution in [0.4, 0.5) is 5.82 Å². The van der Waals surface area contributed by atoms with Crippen molar-refractivity contribution in [2.75, 3.05) is 18.0 Å². The molecule has 2 aromatic heterocycles. The van der Waals surface area contributed by atoms with Crippen LogP contribution in [0.5, 0.6) is 0 Å². The largest absolute Gasteiger partial charge is 0.351 e. The minimum absolute atomic E-state index is 0.0732. The van der Waals surface area contributed by atoms with Crippen molar-refractivity contribution < 1.29 is 0 Å². The van der Waals surface area contributed by atoms with E-state index in [9.17, 15) is 0 Å². The second-order valence-electron chi connectivity index (χ2n) is 4.29. The van der Waals surface area contributed by atoms with E-state index >= 15 is 0 Å². The van der Waals surface area contributed by atoms with Gasteiger partial charge in [0.25, 0.3) is 0 Å². The summed E-state index contributed by atoms with van der Waals surface area (Å²) in [5.74, 6) is 0.900. The standard InChI is InChI=1S/C9H13N7/c1-2-9(10)5-15(6-9)8-4-11-3-7-12-13-14-16(7)8/h3-4H,2,5-6,10H2,1H3. The molecule has 84 valence electrons. The molecule has 7 nitrogen and oxygen atoms in total. The van der Waals surface area contributed by atoms with Gasteiger partial charge >= 0.3 is 0 Å². The molecule has 0 unspecified atom stereocenters. The highest BCUT2D eigenvalue weighted by Gasteiger charge is 2.39. The van der Waals surface area contributed by atoms with Gasteiger partial charge in [0.15, 0.2) is 11.5 Å². The highest BCUT2D eigenvalue weighted by atomic mass is 15.5. The van der Waals surface area contributed by atoms with Crippen molar-refractivity contribution in [2.24, 2.45) is 5.73 Å². The van der Waals surface area contributed by atoms with Crippen molar-refractivity contribution in [3.8, 4) is 0 Å². The molecular weight excluding hydrogens is 206 g/mol. The minimum Gasteiger partial charge on any atom is -0.351 e. The summed E-state index contributed by atoms with van der Waals surface area (Å²) in [5.41, 5.74) is 6.71. The van der Waals surface area contributed by atoms with Crippen LogP contribution in [0.15, 0.2) is 12.4 Å². The quantitative estimate of drug-likeness (QED) is 0.729. The van der Waals surface area contributed by atoms with Gasteiger partial charge < -0.3 is 10.6 Å². The summed E-state index contributed by atoms with van der Waals surface area (Å²) in [4.78, 5) is 6.25. The Balaban J connectivity index is 1.94. The fraction of sp³-hybridized carbons (Fsp3) is 0.556. The van der Waals surface area contributed by atoms with Crippen LogP contribution in [0.3, 0.4) is 0 Å². The number of nitrogens with zero attached hydrogens (tertiary/aromatic N) is 6. The van der Waals surface area contributed by atoms with E-state index in [0.717, 1.165) is 25.3 Å². The van der Waals surface area contributed by atoms with Gasteiger partial charge in [-0.25, -0.2) is 0 Å². The molecule has 3 rings (SSSR count). The van der Waals surface area contributed by atoms with E-state index in [-0.39, 0.29) is 5.54 Å². The minimum atomic E-state index is -0.0732. The van der Waals surface area contributed by atoms with Gasteiger partial charge in [0.05, 0.1) is 17.9 Å². The molecule has 0 saturated carbocycles. The highest BCUT2D eigenvalue weighted by Crippen LogP contribution is 2.27. The molecule has 2 N–H and O–H groups in total. The molecule has 0 aliphatic carbocycles. The van der Waals surface area contributed by atoms with Crippen molar-refractivity contribution in [2.45, 2.75) is 18.9 Å². The fourth-order valence-electron chi connectivity index (χ4n) is 1.98. The second-order valence-corrected chi connectivity index (χ2v) is 4.29. The summed E-state index contributed by atoms with van der Waals surface area (Å²) in [5, 5.41) is 11.4. The lowest BCUT2D eigenvalue weighted by molar-refractivity contribution is 0.318. The maximum absolute atomic E-state index is 6.13. The molecule has 0 radical (unpaired) electrons. The Morgan fingerprint density at radius 2 is 2.25 bits per heavy atom. The monoisotopic (exact) mass is 219 g/mol. The van der Waals surface area contributed by atoms with Crippen molar-refractivity contribution >= 4 is 11.5 Å². The number of nitrogens with two attached hydrogens (primary N) is 1. The second kappa shape index (κ2) is 3.11. The van der Waals surface area contributed by atoms with E-state index in [0.29, 0.717) is 5.65 Å². The Morgan fingerprint density at radius 1 is 1.44 bits per heavy atom. The molecular formula is C9H13N7. The first-order valence-corrected chi connectivity index (χ1v) is 5.28. The van der Waals surface area contributed by atoms with Crippen LogP contribution < -0.4 is 10.6 Å². The van der Waals surface area contributed by atoms with Gasteiger partial charge in [0.1, 0.15) is 0 Å². The average Bonchev–Trinajstić information content (AvgIpc) is 2.72. The summed E-state index contributed by atoms with van der Waals surface area (Å²) in [7, 11) is 0. The smallest absolute Gasteiger partial charge is 0.199 e. The molecule has 7 heteroatoms. The molecule has 0 atom stereocenters. The number of anilines is 1. The molecule has 3 heterocycles. The predicted molar refractivity (Wildman–Crippen MR) is 58.0 cm³/mol. The first-order valence-electron chi connectivity index (χ1n) is 5.28. The maximum Gasteiger partial charge on any atom is 0.199 e. The first-order chi connectivity index (χ1) is 7.72. The van der Waals surface area contributed by atoms with Gasteiger partial charge in [-0.2, -0.15) is 4.52 Å². The van der Waals surface area contributed by atoms with Crippen LogP contribution in [0, 0.1) is 0 Å². The lowest BCUT2D eigenvalue weighted by Gasteiger charge is -2.48. The molecule has 0 amide bonds. The van der Waals surface area contributed by atoms with Crippen molar-refractivity contribution in [1.29, 1.82) is 0 Å². The maximum atomic E-state index is 6.13. The Labute approximate surface area is 92.3 Å². The zero-order valence-corrected chi connectivity index (χ0v) is 9.04. The zero-order chi connectivity index (χ0) is 11.2. The zero-order valence-electron chi connectivity index (χ0n) is 9.04. The number of rotatable bonds is 2. The van der Waals surface area contributed by atoms with Crippen LogP contribution in [-0.4, -0.2) is 43.7 Å². The van der Waals surface area contributed by atoms with Crippen LogP contribution >= 0.6 is 0 Å². The summed E-state index contributed by atoms with van der Waals surface area (Å²) in [6, 6.07) is 0. The summed E-state index contributed by atoms with van der Waals surface area (Å²) < 4.78 is 1.68. The van der Waals surface area contributed by atoms with E-state index in [2.05, 4.69) is 32.3 Å². The summed E-state index contributed by atoms with van der Waals surface area (Å²) >= 11 is 0. The predicted octanol–water partition coefficient (Wildman–Crippen LogP) is -0.553. The SMILES string of the molecule is CCC1(N)CN(c2cncc3nnnn23)C1. The Hall–Kier alpha value is -1.76. The van der Waals surface area contributed by atoms with Gasteiger partial charge in [-0.3, -0.25) is 4.98 Å². The molecule has 16 heavy (non-hydrogen) atoms. The van der Waals surface area contributed by atoms with Gasteiger partial charge in [0, 0.05) is 13.1 Å². The normalized spacial score (nSPS) is 18.8. The Morgan fingerprint density at radius 3 is 3.00 bits per heavy atom. The van der Waals surface area contributed by atoms with E-state index in [4.69, 9.17) is 5.73 Å². The van der Waals surface area contributed by atoms with Crippen LogP contribution in [0.1, 0.15) is 13.3 Å². The third-order valence-electron chi connectivity index (χ3n) is 3.13. The highest BCUT2D eigenvalue weighted by molar-refractivity contribution is 5.49. The lowest BCUT2D eigenvalue weighted by Crippen LogP contribution is -2.67. The number of tetrazole rings is 1. The molecule has 0 bridgehead atoms. The molecule has 1 aliphatic rings. The van der Waals surface area contributed by atoms with Crippen molar-refractivity contribution in [3.63, 3.8) is 0 Å². The third kappa shape index (κ3) is 1.25. The number of hydrogen-bond donors (Lipinski definition) is 1. The number of hydrogen-bond acceptors (Lipinski definition) is 6. The number of aromatic nitrogens is 5. The lowest BCUT2D eigenvalue weighted by atomic mass is 9.88. The van der Waals surface area contributed by atoms with Gasteiger partial charge in [-0.1, -0.05) is 6.92 Å². The van der Waals surface area contributed by atoms with Gasteiger partial charge in [0.2, 0.25) is 0 Å². The van der Waals surface area contributed by atoms with E-state index < -0.39 is 0 Å². The van der Waals surface area contributed by atoms with Crippen LogP contribution in [0.2, 0.25) is 0 Å². The molecule has 1 saturated heterocycles. The van der Waals surface area contributed by atoms with Gasteiger partial charge in [-0.05, 0) is 16.8 Å². The van der Waals surface area contributed by atoms with E-state index in [1.165, 1.54) is 0 Å². The van der Waals surface area contributed by atoms with E-state index in [1.54, 1.807) is 16.9 Å². The number of fused-ring (bicyclic) bond motifs is 1. The molecule has 1 fully saturated rings. The average molecular weight is 219 g/mol. The third-order valence-corrected chi connectivity index (χ3v) is 3.13. The van der Waals surface area contributed by atoms with Crippen molar-refractivity contribution in [3.05, 3.63) is 12.4 Å². The van der Waals surface area contributed by atoms with Gasteiger partial charge in [-0.15, -0.1) is 5.10 Å².